The monoisotopic (exact) mass is 330 g/mol. The molecule has 0 fully saturated rings. The Hall–Kier alpha value is -3.69. The third kappa shape index (κ3) is 2.67. The number of non-ortho nitro benzene ring substituents is 1. The highest BCUT2D eigenvalue weighted by atomic mass is 16.6. The fourth-order valence-corrected chi connectivity index (χ4v) is 2.37. The van der Waals surface area contributed by atoms with Crippen molar-refractivity contribution in [1.29, 1.82) is 0 Å². The minimum absolute atomic E-state index is 0.0617. The molecule has 0 amide bonds. The molecule has 3 rings (SSSR count). The van der Waals surface area contributed by atoms with Gasteiger partial charge in [-0.2, -0.15) is 0 Å². The van der Waals surface area contributed by atoms with Gasteiger partial charge in [0, 0.05) is 36.6 Å². The van der Waals surface area contributed by atoms with Crippen LogP contribution < -0.4 is 11.1 Å². The number of hydrogen-bond acceptors (Lipinski definition) is 5. The van der Waals surface area contributed by atoms with Gasteiger partial charge in [-0.25, -0.2) is 4.79 Å². The van der Waals surface area contributed by atoms with Gasteiger partial charge >= 0.3 is 17.1 Å². The number of nitro benzene ring substituents is 1. The molecule has 0 unspecified atom stereocenters. The molecule has 2 heterocycles. The summed E-state index contributed by atoms with van der Waals surface area (Å²) in [5.74, 6) is -1.10. The number of rotatable bonds is 4. The van der Waals surface area contributed by atoms with Crippen LogP contribution in [-0.4, -0.2) is 30.5 Å². The lowest BCUT2D eigenvalue weighted by Crippen LogP contribution is -2.29. The number of nitrogens with one attached hydrogen (secondary N) is 2. The number of aromatic carboxylic acids is 1. The summed E-state index contributed by atoms with van der Waals surface area (Å²) in [6.07, 6.45) is 2.86. The van der Waals surface area contributed by atoms with Gasteiger partial charge in [0.1, 0.15) is 0 Å². The summed E-state index contributed by atoms with van der Waals surface area (Å²) in [4.78, 5) is 49.0. The summed E-state index contributed by atoms with van der Waals surface area (Å²) in [6.45, 7) is 0.0768. The van der Waals surface area contributed by atoms with Crippen molar-refractivity contribution in [2.75, 3.05) is 0 Å². The van der Waals surface area contributed by atoms with Crippen LogP contribution in [0.15, 0.2) is 40.2 Å². The molecule has 3 aromatic rings. The number of hydrogen-bond donors (Lipinski definition) is 3. The fourth-order valence-electron chi connectivity index (χ4n) is 2.37. The van der Waals surface area contributed by atoms with Gasteiger partial charge in [-0.1, -0.05) is 0 Å². The number of carboxylic acid groups (broad SMARTS) is 1. The van der Waals surface area contributed by atoms with Gasteiger partial charge in [0.15, 0.2) is 0 Å². The molecule has 0 saturated carbocycles. The lowest BCUT2D eigenvalue weighted by atomic mass is 10.1. The summed E-state index contributed by atoms with van der Waals surface area (Å²) in [6, 6.07) is 3.79. The van der Waals surface area contributed by atoms with E-state index in [1.54, 1.807) is 0 Å². The Morgan fingerprint density at radius 2 is 1.96 bits per heavy atom. The Kier molecular flexibility index (Phi) is 3.49. The van der Waals surface area contributed by atoms with Crippen LogP contribution >= 0.6 is 0 Å². The molecule has 10 heteroatoms. The first-order valence-electron chi connectivity index (χ1n) is 6.68. The first-order chi connectivity index (χ1) is 11.3. The van der Waals surface area contributed by atoms with Crippen LogP contribution in [0, 0.1) is 10.1 Å². The molecule has 0 aliphatic heterocycles. The molecule has 0 saturated heterocycles. The van der Waals surface area contributed by atoms with Crippen LogP contribution in [0.3, 0.4) is 0 Å². The Morgan fingerprint density at radius 3 is 2.58 bits per heavy atom. The Morgan fingerprint density at radius 1 is 1.25 bits per heavy atom. The van der Waals surface area contributed by atoms with Crippen molar-refractivity contribution in [1.82, 2.24) is 14.5 Å². The summed E-state index contributed by atoms with van der Waals surface area (Å²) in [7, 11) is 0. The Labute approximate surface area is 132 Å². The zero-order chi connectivity index (χ0) is 17.4. The number of nitrogens with zero attached hydrogens (tertiary/aromatic N) is 2. The summed E-state index contributed by atoms with van der Waals surface area (Å²) >= 11 is 0. The van der Waals surface area contributed by atoms with Crippen molar-refractivity contribution in [3.05, 3.63) is 72.5 Å². The lowest BCUT2D eigenvalue weighted by Gasteiger charge is -2.07. The van der Waals surface area contributed by atoms with E-state index in [-0.39, 0.29) is 28.8 Å². The van der Waals surface area contributed by atoms with E-state index in [1.807, 2.05) is 0 Å². The van der Waals surface area contributed by atoms with Crippen LogP contribution in [0.5, 0.6) is 0 Å². The van der Waals surface area contributed by atoms with E-state index >= 15 is 0 Å². The second-order valence-corrected chi connectivity index (χ2v) is 5.07. The molecule has 10 nitrogen and oxygen atoms in total. The van der Waals surface area contributed by atoms with E-state index in [4.69, 9.17) is 5.11 Å². The van der Waals surface area contributed by atoms with Gasteiger partial charge in [-0.15, -0.1) is 0 Å². The molecule has 0 aliphatic rings. The molecular weight excluding hydrogens is 320 g/mol. The quantitative estimate of drug-likeness (QED) is 0.363. The molecular formula is C14H10N4O6. The van der Waals surface area contributed by atoms with Crippen LogP contribution in [0.1, 0.15) is 15.9 Å². The third-order valence-corrected chi connectivity index (χ3v) is 3.46. The Bertz CT molecular complexity index is 1090. The molecule has 0 radical (unpaired) electrons. The first-order valence-corrected chi connectivity index (χ1v) is 6.68. The van der Waals surface area contributed by atoms with Gasteiger partial charge in [0.25, 0.3) is 5.69 Å². The number of fused-ring (bicyclic) bond motifs is 1. The maximum Gasteiger partial charge on any atom is 0.337 e. The normalized spacial score (nSPS) is 10.8. The molecule has 0 atom stereocenters. The molecule has 0 spiro atoms. The van der Waals surface area contributed by atoms with Crippen LogP contribution in [0.25, 0.3) is 11.0 Å². The summed E-state index contributed by atoms with van der Waals surface area (Å²) in [5.41, 5.74) is -1.26. The average molecular weight is 330 g/mol. The SMILES string of the molecule is O=C(O)c1ccn(Cc2cc([N+](=O)[O-])cc3[nH]c(=O)c(=O)[nH]c23)c1. The maximum absolute atomic E-state index is 11.5. The molecule has 0 bridgehead atoms. The standard InChI is InChI=1S/C14H10N4O6/c19-12-13(20)16-11-8(3-9(18(23)24)4-10(11)15-12)6-17-2-1-7(5-17)14(21)22/h1-5H,6H2,(H,15,19)(H,16,20)(H,21,22). The zero-order valence-electron chi connectivity index (χ0n) is 12.0. The van der Waals surface area contributed by atoms with Crippen molar-refractivity contribution >= 4 is 22.7 Å². The van der Waals surface area contributed by atoms with E-state index in [2.05, 4.69) is 9.97 Å². The number of aromatic nitrogens is 3. The van der Waals surface area contributed by atoms with Gasteiger partial charge in [0.05, 0.1) is 21.5 Å². The zero-order valence-corrected chi connectivity index (χ0v) is 12.0. The minimum atomic E-state index is -1.10. The number of carboxylic acids is 1. The van der Waals surface area contributed by atoms with Gasteiger partial charge in [0.2, 0.25) is 0 Å². The van der Waals surface area contributed by atoms with E-state index in [0.29, 0.717) is 5.56 Å². The number of H-pyrrole nitrogens is 2. The molecule has 1 aromatic carbocycles. The molecule has 24 heavy (non-hydrogen) atoms. The van der Waals surface area contributed by atoms with Crippen LogP contribution in [-0.2, 0) is 6.54 Å². The average Bonchev–Trinajstić information content (AvgIpc) is 2.97. The van der Waals surface area contributed by atoms with Crippen molar-refractivity contribution in [3.63, 3.8) is 0 Å². The first kappa shape index (κ1) is 15.2. The number of benzene rings is 1. The molecule has 3 N–H and O–H groups in total. The number of carbonyl (C=O) groups is 1. The van der Waals surface area contributed by atoms with Crippen molar-refractivity contribution in [3.8, 4) is 0 Å². The predicted octanol–water partition coefficient (Wildman–Crippen LogP) is 0.673. The fraction of sp³-hybridized carbons (Fsp3) is 0.0714. The van der Waals surface area contributed by atoms with Gasteiger partial charge in [-0.05, 0) is 6.07 Å². The van der Waals surface area contributed by atoms with Crippen LogP contribution in [0.4, 0.5) is 5.69 Å². The maximum atomic E-state index is 11.5. The van der Waals surface area contributed by atoms with E-state index in [9.17, 15) is 24.5 Å². The Balaban J connectivity index is 2.18. The highest BCUT2D eigenvalue weighted by Gasteiger charge is 2.15. The predicted molar refractivity (Wildman–Crippen MR) is 82.3 cm³/mol. The van der Waals surface area contributed by atoms with Gasteiger partial charge in [-0.3, -0.25) is 19.7 Å². The molecule has 0 aliphatic carbocycles. The van der Waals surface area contributed by atoms with Crippen molar-refractivity contribution in [2.24, 2.45) is 0 Å². The largest absolute Gasteiger partial charge is 0.478 e. The minimum Gasteiger partial charge on any atom is -0.478 e. The second kappa shape index (κ2) is 5.50. The smallest absolute Gasteiger partial charge is 0.337 e. The van der Waals surface area contributed by atoms with E-state index < -0.39 is 22.0 Å². The molecule has 2 aromatic heterocycles. The summed E-state index contributed by atoms with van der Waals surface area (Å²) in [5, 5.41) is 20.0. The van der Waals surface area contributed by atoms with Crippen molar-refractivity contribution in [2.45, 2.75) is 6.54 Å². The second-order valence-electron chi connectivity index (χ2n) is 5.07. The topological polar surface area (TPSA) is 151 Å². The number of aromatic amines is 2. The van der Waals surface area contributed by atoms with Gasteiger partial charge < -0.3 is 19.6 Å². The summed E-state index contributed by atoms with van der Waals surface area (Å²) < 4.78 is 1.51. The highest BCUT2D eigenvalue weighted by Crippen LogP contribution is 2.22. The van der Waals surface area contributed by atoms with E-state index in [0.717, 1.165) is 6.07 Å². The number of nitro groups is 1. The van der Waals surface area contributed by atoms with Crippen LogP contribution in [0.2, 0.25) is 0 Å². The highest BCUT2D eigenvalue weighted by molar-refractivity contribution is 5.87. The van der Waals surface area contributed by atoms with E-state index in [1.165, 1.54) is 29.1 Å². The third-order valence-electron chi connectivity index (χ3n) is 3.46. The molecule has 122 valence electrons. The lowest BCUT2D eigenvalue weighted by molar-refractivity contribution is -0.384. The van der Waals surface area contributed by atoms with Crippen molar-refractivity contribution < 1.29 is 14.8 Å².